The summed E-state index contributed by atoms with van der Waals surface area (Å²) in [7, 11) is -4.17. The summed E-state index contributed by atoms with van der Waals surface area (Å²) in [6.45, 7) is -0.0409. The van der Waals surface area contributed by atoms with Crippen molar-refractivity contribution in [3.8, 4) is 11.1 Å². The minimum absolute atomic E-state index is 0.0409. The van der Waals surface area contributed by atoms with E-state index in [1.807, 2.05) is 53.3 Å². The van der Waals surface area contributed by atoms with Gasteiger partial charge in [0.1, 0.15) is 12.6 Å². The first-order chi connectivity index (χ1) is 16.8. The van der Waals surface area contributed by atoms with Gasteiger partial charge in [-0.3, -0.25) is 4.79 Å². The molecule has 2 amide bonds. The predicted molar refractivity (Wildman–Crippen MR) is 126 cm³/mol. The maximum Gasteiger partial charge on any atom is 0.407 e. The van der Waals surface area contributed by atoms with E-state index < -0.39 is 40.5 Å². The van der Waals surface area contributed by atoms with Crippen LogP contribution in [-0.2, 0) is 24.3 Å². The van der Waals surface area contributed by atoms with Gasteiger partial charge in [0, 0.05) is 5.92 Å². The van der Waals surface area contributed by atoms with Crippen molar-refractivity contribution in [1.82, 2.24) is 10.0 Å². The van der Waals surface area contributed by atoms with Crippen LogP contribution in [-0.4, -0.2) is 44.1 Å². The number of carbonyl (C=O) groups is 3. The zero-order valence-electron chi connectivity index (χ0n) is 18.4. The number of ether oxygens (including phenoxy) is 1. The summed E-state index contributed by atoms with van der Waals surface area (Å²) >= 11 is 0. The van der Waals surface area contributed by atoms with Crippen molar-refractivity contribution in [3.63, 3.8) is 0 Å². The summed E-state index contributed by atoms with van der Waals surface area (Å²) in [4.78, 5) is 36.1. The molecule has 1 atom stereocenters. The first kappa shape index (κ1) is 24.0. The van der Waals surface area contributed by atoms with Gasteiger partial charge < -0.3 is 15.2 Å². The maximum absolute atomic E-state index is 12.4. The number of alkyl carbamates (subject to hydrolysis) is 1. The van der Waals surface area contributed by atoms with Crippen LogP contribution in [0.3, 0.4) is 0 Å². The minimum Gasteiger partial charge on any atom is -0.480 e. The number of carbonyl (C=O) groups excluding carboxylic acids is 2. The van der Waals surface area contributed by atoms with Crippen molar-refractivity contribution < 1.29 is 32.6 Å². The van der Waals surface area contributed by atoms with Gasteiger partial charge in [-0.1, -0.05) is 66.7 Å². The van der Waals surface area contributed by atoms with Crippen LogP contribution in [0.4, 0.5) is 4.79 Å². The monoisotopic (exact) mass is 494 g/mol. The van der Waals surface area contributed by atoms with E-state index in [0.717, 1.165) is 22.3 Å². The van der Waals surface area contributed by atoms with Crippen LogP contribution in [0.15, 0.2) is 83.8 Å². The molecule has 0 radical (unpaired) electrons. The Labute approximate surface area is 201 Å². The molecule has 0 heterocycles. The number of amides is 2. The Hall–Kier alpha value is -4.18. The van der Waals surface area contributed by atoms with E-state index in [1.165, 1.54) is 24.3 Å². The minimum atomic E-state index is -4.17. The third-order valence-electron chi connectivity index (χ3n) is 5.63. The molecule has 10 heteroatoms. The molecule has 3 aromatic carbocycles. The quantitative estimate of drug-likeness (QED) is 0.438. The normalized spacial score (nSPS) is 13.3. The zero-order valence-corrected chi connectivity index (χ0v) is 19.2. The zero-order chi connectivity index (χ0) is 25.0. The van der Waals surface area contributed by atoms with Gasteiger partial charge >= 0.3 is 12.1 Å². The van der Waals surface area contributed by atoms with E-state index in [2.05, 4.69) is 5.32 Å². The van der Waals surface area contributed by atoms with Gasteiger partial charge in [-0.05, 0) is 34.4 Å². The molecule has 4 rings (SSSR count). The molecule has 0 bridgehead atoms. The number of hydrogen-bond acceptors (Lipinski definition) is 6. The van der Waals surface area contributed by atoms with Gasteiger partial charge in [-0.15, -0.1) is 0 Å². The Morgan fingerprint density at radius 1 is 0.857 bits per heavy atom. The number of rotatable bonds is 8. The van der Waals surface area contributed by atoms with E-state index in [0.29, 0.717) is 0 Å². The smallest absolute Gasteiger partial charge is 0.407 e. The molecule has 9 nitrogen and oxygen atoms in total. The van der Waals surface area contributed by atoms with E-state index in [9.17, 15) is 27.9 Å². The molecule has 1 aliphatic carbocycles. The molecule has 0 spiro atoms. The van der Waals surface area contributed by atoms with Crippen LogP contribution in [0, 0.1) is 0 Å². The number of aliphatic carboxylic acids is 1. The van der Waals surface area contributed by atoms with Crippen LogP contribution in [0.5, 0.6) is 0 Å². The van der Waals surface area contributed by atoms with Gasteiger partial charge in [0.25, 0.3) is 10.0 Å². The van der Waals surface area contributed by atoms with E-state index in [1.54, 1.807) is 6.07 Å². The van der Waals surface area contributed by atoms with Crippen LogP contribution in [0.2, 0.25) is 0 Å². The maximum atomic E-state index is 12.4. The molecular formula is C25H22N2O7S. The Morgan fingerprint density at radius 3 is 1.97 bits per heavy atom. The van der Waals surface area contributed by atoms with E-state index in [-0.39, 0.29) is 17.4 Å². The van der Waals surface area contributed by atoms with Crippen molar-refractivity contribution >= 4 is 28.0 Å². The molecule has 0 fully saturated rings. The second-order valence-electron chi connectivity index (χ2n) is 7.91. The number of sulfonamides is 1. The molecule has 3 N–H and O–H groups in total. The van der Waals surface area contributed by atoms with E-state index >= 15 is 0 Å². The molecule has 180 valence electrons. The lowest BCUT2D eigenvalue weighted by molar-refractivity contribution is -0.141. The number of carboxylic acid groups (broad SMARTS) is 1. The number of fused-ring (bicyclic) bond motifs is 3. The fourth-order valence-electron chi connectivity index (χ4n) is 4.02. The lowest BCUT2D eigenvalue weighted by Crippen LogP contribution is -2.45. The number of nitrogens with one attached hydrogen (secondary N) is 2. The average Bonchev–Trinajstić information content (AvgIpc) is 3.16. The van der Waals surface area contributed by atoms with Crippen LogP contribution < -0.4 is 10.0 Å². The molecule has 1 unspecified atom stereocenters. The lowest BCUT2D eigenvalue weighted by atomic mass is 9.98. The molecule has 0 aromatic heterocycles. The molecule has 3 aromatic rings. The summed E-state index contributed by atoms with van der Waals surface area (Å²) in [5.41, 5.74) is 4.05. The molecule has 0 saturated heterocycles. The van der Waals surface area contributed by atoms with Gasteiger partial charge in [-0.2, -0.15) is 0 Å². The fourth-order valence-corrected chi connectivity index (χ4v) is 5.03. The molecule has 35 heavy (non-hydrogen) atoms. The number of carboxylic acids is 1. The topological polar surface area (TPSA) is 139 Å². The summed E-state index contributed by atoms with van der Waals surface area (Å²) in [5, 5.41) is 11.6. The molecule has 1 aliphatic rings. The Morgan fingerprint density at radius 2 is 1.40 bits per heavy atom. The summed E-state index contributed by atoms with van der Waals surface area (Å²) in [5.74, 6) is -2.82. The molecule has 0 saturated carbocycles. The largest absolute Gasteiger partial charge is 0.480 e. The van der Waals surface area contributed by atoms with Crippen molar-refractivity contribution in [1.29, 1.82) is 0 Å². The molecule has 0 aliphatic heterocycles. The Bertz CT molecular complexity index is 1330. The highest BCUT2D eigenvalue weighted by molar-refractivity contribution is 7.90. The third kappa shape index (κ3) is 5.33. The van der Waals surface area contributed by atoms with Gasteiger partial charge in [0.2, 0.25) is 5.91 Å². The highest BCUT2D eigenvalue weighted by Crippen LogP contribution is 2.44. The first-order valence-corrected chi connectivity index (χ1v) is 12.2. The predicted octanol–water partition coefficient (Wildman–Crippen LogP) is 2.87. The van der Waals surface area contributed by atoms with Crippen LogP contribution in [0.1, 0.15) is 23.5 Å². The Kier molecular flexibility index (Phi) is 6.83. The van der Waals surface area contributed by atoms with E-state index in [4.69, 9.17) is 4.74 Å². The summed E-state index contributed by atoms with van der Waals surface area (Å²) < 4.78 is 31.7. The summed E-state index contributed by atoms with van der Waals surface area (Å²) in [6.07, 6.45) is -1.83. The highest BCUT2D eigenvalue weighted by atomic mass is 32.2. The van der Waals surface area contributed by atoms with Crippen LogP contribution in [0.25, 0.3) is 11.1 Å². The standard InChI is InChI=1S/C25H22N2O7S/c28-23(27-35(32,33)16-8-2-1-3-9-16)14-22(24(29)30)26-25(31)34-15-21-19-12-6-4-10-17(19)18-11-5-7-13-20(18)21/h1-13,21-22H,14-15H2,(H,26,31)(H,27,28)(H,29,30). The second-order valence-corrected chi connectivity index (χ2v) is 9.59. The van der Waals surface area contributed by atoms with Crippen LogP contribution >= 0.6 is 0 Å². The average molecular weight is 495 g/mol. The highest BCUT2D eigenvalue weighted by Gasteiger charge is 2.30. The fraction of sp³-hybridized carbons (Fsp3) is 0.160. The second kappa shape index (κ2) is 9.98. The van der Waals surface area contributed by atoms with Gasteiger partial charge in [-0.25, -0.2) is 22.7 Å². The Balaban J connectivity index is 1.38. The van der Waals surface area contributed by atoms with Crippen molar-refractivity contribution in [2.24, 2.45) is 0 Å². The van der Waals surface area contributed by atoms with Crippen molar-refractivity contribution in [2.45, 2.75) is 23.3 Å². The SMILES string of the molecule is O=C(CC(NC(=O)OCC1c2ccccc2-c2ccccc21)C(=O)O)NS(=O)(=O)c1ccccc1. The first-order valence-electron chi connectivity index (χ1n) is 10.7. The van der Waals surface area contributed by atoms with Gasteiger partial charge in [0.05, 0.1) is 11.3 Å². The van der Waals surface area contributed by atoms with Gasteiger partial charge in [0.15, 0.2) is 0 Å². The third-order valence-corrected chi connectivity index (χ3v) is 7.01. The lowest BCUT2D eigenvalue weighted by Gasteiger charge is -2.17. The molecular weight excluding hydrogens is 472 g/mol. The summed E-state index contributed by atoms with van der Waals surface area (Å²) in [6, 6.07) is 21.0. The number of benzene rings is 3. The number of hydrogen-bond donors (Lipinski definition) is 3. The van der Waals surface area contributed by atoms with Crippen molar-refractivity contribution in [2.75, 3.05) is 6.61 Å². The van der Waals surface area contributed by atoms with Crippen molar-refractivity contribution in [3.05, 3.63) is 90.0 Å².